The largest absolute Gasteiger partial charge is 0.368 e. The number of fused-ring (bicyclic) bond motifs is 2. The number of aromatic nitrogens is 4. The van der Waals surface area contributed by atoms with Gasteiger partial charge >= 0.3 is 0 Å². The number of aryl methyl sites for hydroxylation is 3. The van der Waals surface area contributed by atoms with Crippen molar-refractivity contribution in [2.45, 2.75) is 46.0 Å². The van der Waals surface area contributed by atoms with E-state index in [2.05, 4.69) is 60.0 Å². The Morgan fingerprint density at radius 3 is 2.40 bits per heavy atom. The molecule has 3 heterocycles. The predicted octanol–water partition coefficient (Wildman–Crippen LogP) is 5.19. The molecule has 4 aromatic rings. The van der Waals surface area contributed by atoms with Crippen molar-refractivity contribution in [2.75, 3.05) is 36.0 Å². The average Bonchev–Trinajstić information content (AvgIpc) is 3.27. The van der Waals surface area contributed by atoms with Crippen LogP contribution in [0.4, 0.5) is 11.5 Å². The summed E-state index contributed by atoms with van der Waals surface area (Å²) in [7, 11) is 0. The van der Waals surface area contributed by atoms with Crippen LogP contribution in [0.2, 0.25) is 5.02 Å². The van der Waals surface area contributed by atoms with Gasteiger partial charge in [0, 0.05) is 48.9 Å². The normalized spacial score (nSPS) is 16.1. The molecule has 2 aromatic heterocycles. The number of rotatable bonds is 4. The van der Waals surface area contributed by atoms with Gasteiger partial charge in [0.25, 0.3) is 5.78 Å². The first-order chi connectivity index (χ1) is 17.0. The molecule has 0 atom stereocenters. The maximum Gasteiger partial charge on any atom is 0.254 e. The molecule has 7 heteroatoms. The molecule has 1 aliphatic carbocycles. The van der Waals surface area contributed by atoms with Crippen LogP contribution in [0.25, 0.3) is 5.78 Å². The lowest BCUT2D eigenvalue weighted by Crippen LogP contribution is -2.48. The Morgan fingerprint density at radius 1 is 0.857 bits per heavy atom. The summed E-state index contributed by atoms with van der Waals surface area (Å²) < 4.78 is 2.02. The van der Waals surface area contributed by atoms with Crippen LogP contribution in [0.3, 0.4) is 0 Å². The molecular weight excluding hydrogens is 456 g/mol. The standard InChI is InChI=1S/C28H31ClN6/c1-19-7-10-21(11-8-19)17-26-31-28-30-24-6-4-3-5-23(24)27(35(28)32-26)34-15-13-33(14-16-34)25-18-22(29)12-9-20(25)2/h7-12,18H,3-6,13-17H2,1-2H3. The van der Waals surface area contributed by atoms with E-state index in [1.807, 2.05) is 10.6 Å². The molecule has 0 unspecified atom stereocenters. The van der Waals surface area contributed by atoms with E-state index >= 15 is 0 Å². The van der Waals surface area contributed by atoms with Crippen molar-refractivity contribution in [3.8, 4) is 0 Å². The summed E-state index contributed by atoms with van der Waals surface area (Å²) in [5.74, 6) is 2.77. The van der Waals surface area contributed by atoms with Gasteiger partial charge in [-0.3, -0.25) is 0 Å². The molecule has 35 heavy (non-hydrogen) atoms. The second-order valence-electron chi connectivity index (χ2n) is 9.87. The Morgan fingerprint density at radius 2 is 1.60 bits per heavy atom. The van der Waals surface area contributed by atoms with E-state index in [9.17, 15) is 0 Å². The minimum atomic E-state index is 0.718. The second kappa shape index (κ2) is 9.15. The monoisotopic (exact) mass is 486 g/mol. The second-order valence-corrected chi connectivity index (χ2v) is 10.3. The molecule has 0 saturated carbocycles. The molecule has 0 N–H and O–H groups in total. The minimum Gasteiger partial charge on any atom is -0.368 e. The van der Waals surface area contributed by atoms with Crippen LogP contribution in [0.15, 0.2) is 42.5 Å². The maximum atomic E-state index is 6.31. The first-order valence-corrected chi connectivity index (χ1v) is 13.0. The summed E-state index contributed by atoms with van der Waals surface area (Å²) in [5.41, 5.74) is 7.57. The van der Waals surface area contributed by atoms with Crippen LogP contribution in [0.1, 0.15) is 46.6 Å². The quantitative estimate of drug-likeness (QED) is 0.397. The Kier molecular flexibility index (Phi) is 5.85. The lowest BCUT2D eigenvalue weighted by Gasteiger charge is -2.39. The molecule has 180 valence electrons. The van der Waals surface area contributed by atoms with Gasteiger partial charge in [0.1, 0.15) is 5.82 Å². The Labute approximate surface area is 211 Å². The van der Waals surface area contributed by atoms with Crippen LogP contribution in [0, 0.1) is 13.8 Å². The summed E-state index contributed by atoms with van der Waals surface area (Å²) in [6.07, 6.45) is 5.21. The zero-order valence-corrected chi connectivity index (χ0v) is 21.2. The van der Waals surface area contributed by atoms with E-state index in [0.717, 1.165) is 62.1 Å². The Balaban J connectivity index is 1.33. The minimum absolute atomic E-state index is 0.718. The van der Waals surface area contributed by atoms with Gasteiger partial charge in [-0.1, -0.05) is 47.5 Å². The van der Waals surface area contributed by atoms with Gasteiger partial charge < -0.3 is 9.80 Å². The summed E-state index contributed by atoms with van der Waals surface area (Å²) in [5, 5.41) is 5.78. The van der Waals surface area contributed by atoms with E-state index < -0.39 is 0 Å². The number of nitrogens with zero attached hydrogens (tertiary/aromatic N) is 6. The van der Waals surface area contributed by atoms with Crippen molar-refractivity contribution in [3.05, 3.63) is 81.3 Å². The van der Waals surface area contributed by atoms with E-state index in [1.165, 1.54) is 52.3 Å². The molecule has 0 radical (unpaired) electrons. The molecule has 6 rings (SSSR count). The topological polar surface area (TPSA) is 49.6 Å². The third-order valence-electron chi connectivity index (χ3n) is 7.35. The number of hydrogen-bond acceptors (Lipinski definition) is 5. The van der Waals surface area contributed by atoms with E-state index in [0.29, 0.717) is 0 Å². The predicted molar refractivity (Wildman–Crippen MR) is 142 cm³/mol. The molecule has 2 aliphatic rings. The number of halogens is 1. The summed E-state index contributed by atoms with van der Waals surface area (Å²) in [4.78, 5) is 14.8. The van der Waals surface area contributed by atoms with Crippen LogP contribution >= 0.6 is 11.6 Å². The smallest absolute Gasteiger partial charge is 0.254 e. The molecular formula is C28H31ClN6. The van der Waals surface area contributed by atoms with Crippen molar-refractivity contribution < 1.29 is 0 Å². The van der Waals surface area contributed by atoms with Crippen molar-refractivity contribution in [2.24, 2.45) is 0 Å². The molecule has 0 spiro atoms. The molecule has 6 nitrogen and oxygen atoms in total. The van der Waals surface area contributed by atoms with Gasteiger partial charge in [-0.25, -0.2) is 4.98 Å². The zero-order valence-electron chi connectivity index (χ0n) is 20.5. The highest BCUT2D eigenvalue weighted by Gasteiger charge is 2.27. The van der Waals surface area contributed by atoms with Crippen molar-refractivity contribution in [3.63, 3.8) is 0 Å². The van der Waals surface area contributed by atoms with Crippen LogP contribution in [-0.2, 0) is 19.3 Å². The van der Waals surface area contributed by atoms with Crippen molar-refractivity contribution >= 4 is 28.9 Å². The molecule has 1 fully saturated rings. The maximum absolute atomic E-state index is 6.31. The summed E-state index contributed by atoms with van der Waals surface area (Å²) in [6, 6.07) is 14.8. The molecule has 1 aliphatic heterocycles. The summed E-state index contributed by atoms with van der Waals surface area (Å²) >= 11 is 6.31. The molecule has 1 saturated heterocycles. The molecule has 0 amide bonds. The summed E-state index contributed by atoms with van der Waals surface area (Å²) in [6.45, 7) is 8.04. The van der Waals surface area contributed by atoms with E-state index in [-0.39, 0.29) is 0 Å². The fourth-order valence-corrected chi connectivity index (χ4v) is 5.60. The third kappa shape index (κ3) is 4.36. The highest BCUT2D eigenvalue weighted by Crippen LogP contribution is 2.32. The number of benzene rings is 2. The Hall–Kier alpha value is -3.12. The van der Waals surface area contributed by atoms with Crippen molar-refractivity contribution in [1.82, 2.24) is 19.6 Å². The van der Waals surface area contributed by atoms with Gasteiger partial charge in [0.15, 0.2) is 5.82 Å². The third-order valence-corrected chi connectivity index (χ3v) is 7.59. The first-order valence-electron chi connectivity index (χ1n) is 12.6. The zero-order chi connectivity index (χ0) is 23.9. The Bertz CT molecular complexity index is 1370. The van der Waals surface area contributed by atoms with Gasteiger partial charge in [0.2, 0.25) is 0 Å². The fraction of sp³-hybridized carbons (Fsp3) is 0.393. The van der Waals surface area contributed by atoms with Gasteiger partial charge in [0.05, 0.1) is 5.69 Å². The SMILES string of the molecule is Cc1ccc(Cc2nc3nc4c(c(N5CCN(c6cc(Cl)ccc6C)CC5)n3n2)CCCC4)cc1. The lowest BCUT2D eigenvalue weighted by molar-refractivity contribution is 0.613. The van der Waals surface area contributed by atoms with Crippen molar-refractivity contribution in [1.29, 1.82) is 0 Å². The lowest BCUT2D eigenvalue weighted by atomic mass is 9.96. The first kappa shape index (κ1) is 22.4. The van der Waals surface area contributed by atoms with Gasteiger partial charge in [-0.2, -0.15) is 9.50 Å². The van der Waals surface area contributed by atoms with Gasteiger partial charge in [-0.15, -0.1) is 5.10 Å². The van der Waals surface area contributed by atoms with E-state index in [4.69, 9.17) is 26.7 Å². The molecule has 0 bridgehead atoms. The fourth-order valence-electron chi connectivity index (χ4n) is 5.43. The number of anilines is 2. The number of hydrogen-bond donors (Lipinski definition) is 0. The highest BCUT2D eigenvalue weighted by molar-refractivity contribution is 6.30. The van der Waals surface area contributed by atoms with Crippen LogP contribution in [-0.4, -0.2) is 45.8 Å². The average molecular weight is 487 g/mol. The highest BCUT2D eigenvalue weighted by atomic mass is 35.5. The van der Waals surface area contributed by atoms with Gasteiger partial charge in [-0.05, 0) is 62.8 Å². The number of piperazine rings is 1. The van der Waals surface area contributed by atoms with Crippen LogP contribution in [0.5, 0.6) is 0 Å². The van der Waals surface area contributed by atoms with E-state index in [1.54, 1.807) is 0 Å². The molecule has 2 aromatic carbocycles. The van der Waals surface area contributed by atoms with Crippen LogP contribution < -0.4 is 9.80 Å².